The van der Waals surface area contributed by atoms with Crippen LogP contribution in [0.3, 0.4) is 0 Å². The average molecular weight is 380 g/mol. The molecule has 3 unspecified atom stereocenters. The maximum absolute atomic E-state index is 12.4. The number of hydrogen-bond acceptors (Lipinski definition) is 6. The molecular formula is C17H20N2O6S. The van der Waals surface area contributed by atoms with Crippen molar-refractivity contribution in [1.82, 2.24) is 5.32 Å². The molecule has 0 aromatic heterocycles. The second kappa shape index (κ2) is 7.06. The Labute approximate surface area is 151 Å². The van der Waals surface area contributed by atoms with Crippen molar-refractivity contribution in [2.24, 2.45) is 11.8 Å². The topological polar surface area (TPSA) is 119 Å². The van der Waals surface area contributed by atoms with Gasteiger partial charge in [-0.1, -0.05) is 12.1 Å². The Balaban J connectivity index is 1.56. The molecule has 0 bridgehead atoms. The first-order valence-electron chi connectivity index (χ1n) is 8.30. The summed E-state index contributed by atoms with van der Waals surface area (Å²) in [4.78, 5) is 36.3. The Morgan fingerprint density at radius 1 is 1.12 bits per heavy atom. The van der Waals surface area contributed by atoms with E-state index < -0.39 is 27.6 Å². The summed E-state index contributed by atoms with van der Waals surface area (Å²) >= 11 is 0. The third kappa shape index (κ3) is 4.04. The molecule has 140 valence electrons. The SMILES string of the molecule is COC(=O)c1ccccc1NC(=O)C1CC1C(=O)NC1CCS(=O)(=O)C1. The molecule has 0 radical (unpaired) electrons. The summed E-state index contributed by atoms with van der Waals surface area (Å²) in [5.41, 5.74) is 0.568. The van der Waals surface area contributed by atoms with E-state index in [4.69, 9.17) is 0 Å². The monoisotopic (exact) mass is 380 g/mol. The number of carbonyl (C=O) groups is 3. The predicted octanol–water partition coefficient (Wildman–Crippen LogP) is 0.351. The largest absolute Gasteiger partial charge is 0.465 e. The zero-order valence-electron chi connectivity index (χ0n) is 14.2. The minimum absolute atomic E-state index is 0.0468. The second-order valence-corrected chi connectivity index (χ2v) is 8.81. The van der Waals surface area contributed by atoms with Gasteiger partial charge >= 0.3 is 5.97 Å². The van der Waals surface area contributed by atoms with Crippen LogP contribution in [-0.4, -0.2) is 50.9 Å². The Bertz CT molecular complexity index is 851. The summed E-state index contributed by atoms with van der Waals surface area (Å²) in [7, 11) is -1.81. The number of hydrogen-bond donors (Lipinski definition) is 2. The number of esters is 1. The van der Waals surface area contributed by atoms with Crippen molar-refractivity contribution < 1.29 is 27.5 Å². The molecule has 8 nitrogen and oxygen atoms in total. The van der Waals surface area contributed by atoms with Crippen molar-refractivity contribution in [2.45, 2.75) is 18.9 Å². The molecule has 1 aromatic rings. The van der Waals surface area contributed by atoms with Crippen LogP contribution in [0, 0.1) is 11.8 Å². The van der Waals surface area contributed by atoms with Gasteiger partial charge in [0.05, 0.1) is 41.7 Å². The predicted molar refractivity (Wildman–Crippen MR) is 93.2 cm³/mol. The van der Waals surface area contributed by atoms with Gasteiger partial charge in [-0.15, -0.1) is 0 Å². The van der Waals surface area contributed by atoms with Crippen molar-refractivity contribution >= 4 is 33.3 Å². The smallest absolute Gasteiger partial charge is 0.339 e. The van der Waals surface area contributed by atoms with Gasteiger partial charge in [0, 0.05) is 6.04 Å². The first kappa shape index (κ1) is 18.4. The van der Waals surface area contributed by atoms with Crippen molar-refractivity contribution in [1.29, 1.82) is 0 Å². The molecule has 2 aliphatic rings. The second-order valence-electron chi connectivity index (χ2n) is 6.58. The van der Waals surface area contributed by atoms with Crippen LogP contribution < -0.4 is 10.6 Å². The van der Waals surface area contributed by atoms with Crippen molar-refractivity contribution in [2.75, 3.05) is 23.9 Å². The minimum atomic E-state index is -3.07. The van der Waals surface area contributed by atoms with Gasteiger partial charge < -0.3 is 15.4 Å². The molecule has 3 atom stereocenters. The highest BCUT2D eigenvalue weighted by Gasteiger charge is 2.49. The van der Waals surface area contributed by atoms with E-state index in [1.54, 1.807) is 24.3 Å². The fourth-order valence-corrected chi connectivity index (χ4v) is 4.77. The molecule has 1 aliphatic heterocycles. The molecule has 1 saturated heterocycles. The Hall–Kier alpha value is -2.42. The molecule has 3 rings (SSSR count). The van der Waals surface area contributed by atoms with Crippen LogP contribution in [-0.2, 0) is 24.2 Å². The van der Waals surface area contributed by atoms with Crippen LogP contribution in [0.25, 0.3) is 0 Å². The van der Waals surface area contributed by atoms with E-state index in [0.717, 1.165) is 0 Å². The normalized spacial score (nSPS) is 26.0. The molecule has 2 fully saturated rings. The van der Waals surface area contributed by atoms with Crippen LogP contribution >= 0.6 is 0 Å². The molecule has 2 N–H and O–H groups in total. The third-order valence-corrected chi connectivity index (χ3v) is 6.40. The zero-order chi connectivity index (χ0) is 18.9. The molecule has 0 spiro atoms. The first-order valence-corrected chi connectivity index (χ1v) is 10.1. The standard InChI is InChI=1S/C17H20N2O6S/c1-25-17(22)11-4-2-3-5-14(11)19-16(21)13-8-12(13)15(20)18-10-6-7-26(23,24)9-10/h2-5,10,12-13H,6-9H2,1H3,(H,18,20)(H,19,21). The summed E-state index contributed by atoms with van der Waals surface area (Å²) in [6.45, 7) is 0. The van der Waals surface area contributed by atoms with Gasteiger partial charge in [0.15, 0.2) is 9.84 Å². The Kier molecular flexibility index (Phi) is 4.99. The number of carbonyl (C=O) groups excluding carboxylic acids is 3. The van der Waals surface area contributed by atoms with Gasteiger partial charge in [-0.25, -0.2) is 13.2 Å². The number of ether oxygens (including phenoxy) is 1. The summed E-state index contributed by atoms with van der Waals surface area (Å²) in [6, 6.07) is 6.09. The highest BCUT2D eigenvalue weighted by atomic mass is 32.2. The maximum atomic E-state index is 12.4. The van der Waals surface area contributed by atoms with E-state index in [1.807, 2.05) is 0 Å². The Morgan fingerprint density at radius 2 is 1.81 bits per heavy atom. The minimum Gasteiger partial charge on any atom is -0.465 e. The van der Waals surface area contributed by atoms with E-state index in [1.165, 1.54) is 7.11 Å². The van der Waals surface area contributed by atoms with E-state index in [-0.39, 0.29) is 34.9 Å². The van der Waals surface area contributed by atoms with E-state index in [2.05, 4.69) is 15.4 Å². The zero-order valence-corrected chi connectivity index (χ0v) is 15.0. The highest BCUT2D eigenvalue weighted by Crippen LogP contribution is 2.40. The van der Waals surface area contributed by atoms with Gasteiger partial charge in [-0.05, 0) is 25.0 Å². The van der Waals surface area contributed by atoms with Crippen molar-refractivity contribution in [3.05, 3.63) is 29.8 Å². The summed E-state index contributed by atoms with van der Waals surface area (Å²) in [5, 5.41) is 5.38. The van der Waals surface area contributed by atoms with Crippen LogP contribution in [0.2, 0.25) is 0 Å². The Morgan fingerprint density at radius 3 is 2.46 bits per heavy atom. The molecule has 9 heteroatoms. The highest BCUT2D eigenvalue weighted by molar-refractivity contribution is 7.91. The molecule has 1 heterocycles. The third-order valence-electron chi connectivity index (χ3n) is 4.63. The number of rotatable bonds is 5. The van der Waals surface area contributed by atoms with E-state index in [0.29, 0.717) is 18.5 Å². The number of methoxy groups -OCH3 is 1. The number of anilines is 1. The lowest BCUT2D eigenvalue weighted by Crippen LogP contribution is -2.37. The summed E-state index contributed by atoms with van der Waals surface area (Å²) < 4.78 is 27.6. The van der Waals surface area contributed by atoms with Gasteiger partial charge in [-0.2, -0.15) is 0 Å². The van der Waals surface area contributed by atoms with Crippen molar-refractivity contribution in [3.63, 3.8) is 0 Å². The first-order chi connectivity index (χ1) is 12.3. The van der Waals surface area contributed by atoms with Crippen molar-refractivity contribution in [3.8, 4) is 0 Å². The summed E-state index contributed by atoms with van der Waals surface area (Å²) in [5.74, 6) is -2.13. The molecular weight excluding hydrogens is 360 g/mol. The fraction of sp³-hybridized carbons (Fsp3) is 0.471. The lowest BCUT2D eigenvalue weighted by atomic mass is 10.1. The van der Waals surface area contributed by atoms with Crippen LogP contribution in [0.15, 0.2) is 24.3 Å². The van der Waals surface area contributed by atoms with Gasteiger partial charge in [0.25, 0.3) is 0 Å². The number of para-hydroxylation sites is 1. The van der Waals surface area contributed by atoms with Crippen LogP contribution in [0.5, 0.6) is 0 Å². The average Bonchev–Trinajstić information content (AvgIpc) is 3.34. The quantitative estimate of drug-likeness (QED) is 0.712. The maximum Gasteiger partial charge on any atom is 0.339 e. The van der Waals surface area contributed by atoms with E-state index >= 15 is 0 Å². The molecule has 1 aromatic carbocycles. The number of benzene rings is 1. The molecule has 1 saturated carbocycles. The van der Waals surface area contributed by atoms with Gasteiger partial charge in [0.1, 0.15) is 0 Å². The van der Waals surface area contributed by atoms with E-state index in [9.17, 15) is 22.8 Å². The molecule has 26 heavy (non-hydrogen) atoms. The fourth-order valence-electron chi connectivity index (χ4n) is 3.10. The number of nitrogens with one attached hydrogen (secondary N) is 2. The van der Waals surface area contributed by atoms with Gasteiger partial charge in [0.2, 0.25) is 11.8 Å². The van der Waals surface area contributed by atoms with Crippen LogP contribution in [0.1, 0.15) is 23.2 Å². The molecule has 2 amide bonds. The number of amides is 2. The lowest BCUT2D eigenvalue weighted by molar-refractivity contribution is -0.125. The summed E-state index contributed by atoms with van der Waals surface area (Å²) in [6.07, 6.45) is 0.807. The lowest BCUT2D eigenvalue weighted by Gasteiger charge is -2.11. The van der Waals surface area contributed by atoms with Gasteiger partial charge in [-0.3, -0.25) is 9.59 Å². The van der Waals surface area contributed by atoms with Crippen LogP contribution in [0.4, 0.5) is 5.69 Å². The molecule has 1 aliphatic carbocycles. The number of sulfone groups is 1.